The van der Waals surface area contributed by atoms with Gasteiger partial charge in [0.25, 0.3) is 0 Å². The number of ether oxygens (including phenoxy) is 1. The molecule has 2 aromatic carbocycles. The summed E-state index contributed by atoms with van der Waals surface area (Å²) in [6.45, 7) is 2.68. The van der Waals surface area contributed by atoms with Gasteiger partial charge in [0.1, 0.15) is 5.75 Å². The number of hydrogen-bond acceptors (Lipinski definition) is 3. The molecule has 1 aliphatic heterocycles. The van der Waals surface area contributed by atoms with Crippen LogP contribution in [0.3, 0.4) is 0 Å². The van der Waals surface area contributed by atoms with E-state index in [1.165, 1.54) is 0 Å². The van der Waals surface area contributed by atoms with Crippen molar-refractivity contribution in [3.05, 3.63) is 65.9 Å². The number of carbonyl (C=O) groups excluding carboxylic acids is 1. The van der Waals surface area contributed by atoms with E-state index in [1.54, 1.807) is 12.3 Å². The number of aromatic nitrogens is 2. The van der Waals surface area contributed by atoms with Crippen molar-refractivity contribution in [1.29, 1.82) is 0 Å². The van der Waals surface area contributed by atoms with Crippen molar-refractivity contribution < 1.29 is 9.53 Å². The third kappa shape index (κ3) is 3.13. The summed E-state index contributed by atoms with van der Waals surface area (Å²) in [5, 5.41) is 11.1. The van der Waals surface area contributed by atoms with Gasteiger partial charge in [-0.2, -0.15) is 5.10 Å². The predicted molar refractivity (Wildman–Crippen MR) is 97.1 cm³/mol. The van der Waals surface area contributed by atoms with Crippen molar-refractivity contribution in [1.82, 2.24) is 15.5 Å². The minimum Gasteiger partial charge on any atom is -0.493 e. The highest BCUT2D eigenvalue weighted by atomic mass is 16.5. The Morgan fingerprint density at radius 3 is 3.12 bits per heavy atom. The molecular formula is C20H19N3O2. The van der Waals surface area contributed by atoms with Crippen LogP contribution in [-0.2, 0) is 4.79 Å². The highest BCUT2D eigenvalue weighted by Crippen LogP contribution is 2.34. The first kappa shape index (κ1) is 15.4. The molecule has 5 nitrogen and oxygen atoms in total. The average molecular weight is 333 g/mol. The van der Waals surface area contributed by atoms with Crippen LogP contribution in [0.5, 0.6) is 5.75 Å². The van der Waals surface area contributed by atoms with Gasteiger partial charge in [0.05, 0.1) is 24.4 Å². The Kier molecular flexibility index (Phi) is 3.98. The van der Waals surface area contributed by atoms with Gasteiger partial charge in [0, 0.05) is 22.9 Å². The zero-order chi connectivity index (χ0) is 17.2. The van der Waals surface area contributed by atoms with Crippen LogP contribution >= 0.6 is 0 Å². The van der Waals surface area contributed by atoms with Gasteiger partial charge in [-0.05, 0) is 23.8 Å². The van der Waals surface area contributed by atoms with Crippen molar-refractivity contribution >= 4 is 22.9 Å². The van der Waals surface area contributed by atoms with E-state index in [-0.39, 0.29) is 17.9 Å². The molecule has 2 heterocycles. The van der Waals surface area contributed by atoms with Crippen LogP contribution in [0.15, 0.2) is 54.7 Å². The second-order valence-corrected chi connectivity index (χ2v) is 6.36. The standard InChI is InChI=1S/C20H19N3O2/c1-13-12-25-18-5-3-2-4-16(18)20(13)22-19(24)9-7-14-6-8-15-11-21-23-17(15)10-14/h2-11,13,20H,12H2,1H3,(H,21,23)(H,22,24)/b9-7+. The molecule has 3 aromatic rings. The lowest BCUT2D eigenvalue weighted by molar-refractivity contribution is -0.117. The fourth-order valence-electron chi connectivity index (χ4n) is 3.14. The Balaban J connectivity index is 1.50. The first-order valence-corrected chi connectivity index (χ1v) is 8.34. The smallest absolute Gasteiger partial charge is 0.244 e. The highest BCUT2D eigenvalue weighted by Gasteiger charge is 2.28. The van der Waals surface area contributed by atoms with Crippen molar-refractivity contribution in [3.8, 4) is 5.75 Å². The zero-order valence-electron chi connectivity index (χ0n) is 13.9. The summed E-state index contributed by atoms with van der Waals surface area (Å²) >= 11 is 0. The van der Waals surface area contributed by atoms with Gasteiger partial charge >= 0.3 is 0 Å². The Morgan fingerprint density at radius 2 is 2.20 bits per heavy atom. The summed E-state index contributed by atoms with van der Waals surface area (Å²) in [4.78, 5) is 12.4. The fraction of sp³-hybridized carbons (Fsp3) is 0.200. The van der Waals surface area contributed by atoms with Crippen LogP contribution in [0, 0.1) is 5.92 Å². The zero-order valence-corrected chi connectivity index (χ0v) is 13.9. The van der Waals surface area contributed by atoms with Gasteiger partial charge in [0.2, 0.25) is 5.91 Å². The molecule has 0 spiro atoms. The molecule has 0 fully saturated rings. The number of rotatable bonds is 3. The molecule has 126 valence electrons. The third-order valence-corrected chi connectivity index (χ3v) is 4.52. The van der Waals surface area contributed by atoms with Gasteiger partial charge < -0.3 is 10.1 Å². The maximum Gasteiger partial charge on any atom is 0.244 e. The molecule has 0 aliphatic carbocycles. The third-order valence-electron chi connectivity index (χ3n) is 4.52. The number of aromatic amines is 1. The van der Waals surface area contributed by atoms with E-state index in [9.17, 15) is 4.79 Å². The molecule has 5 heteroatoms. The number of benzene rings is 2. The lowest BCUT2D eigenvalue weighted by Crippen LogP contribution is -2.36. The molecule has 0 saturated heterocycles. The number of carbonyl (C=O) groups is 1. The van der Waals surface area contributed by atoms with Crippen molar-refractivity contribution in [2.24, 2.45) is 5.92 Å². The van der Waals surface area contributed by atoms with Crippen molar-refractivity contribution in [2.75, 3.05) is 6.61 Å². The molecule has 2 atom stereocenters. The number of hydrogen-bond donors (Lipinski definition) is 2. The summed E-state index contributed by atoms with van der Waals surface area (Å²) in [5.41, 5.74) is 2.93. The maximum atomic E-state index is 12.4. The lowest BCUT2D eigenvalue weighted by atomic mass is 9.92. The number of amides is 1. The van der Waals surface area contributed by atoms with Crippen LogP contribution < -0.4 is 10.1 Å². The van der Waals surface area contributed by atoms with Crippen LogP contribution in [0.25, 0.3) is 17.0 Å². The van der Waals surface area contributed by atoms with E-state index in [1.807, 2.05) is 48.5 Å². The summed E-state index contributed by atoms with van der Waals surface area (Å²) in [6.07, 6.45) is 5.16. The van der Waals surface area contributed by atoms with E-state index in [0.717, 1.165) is 27.8 Å². The van der Waals surface area contributed by atoms with Gasteiger partial charge in [-0.3, -0.25) is 9.89 Å². The second kappa shape index (κ2) is 6.43. The number of H-pyrrole nitrogens is 1. The summed E-state index contributed by atoms with van der Waals surface area (Å²) in [5.74, 6) is 0.950. The van der Waals surface area contributed by atoms with Crippen LogP contribution in [-0.4, -0.2) is 22.7 Å². The Morgan fingerprint density at radius 1 is 1.32 bits per heavy atom. The lowest BCUT2D eigenvalue weighted by Gasteiger charge is -2.31. The fourth-order valence-corrected chi connectivity index (χ4v) is 3.14. The Hall–Kier alpha value is -3.08. The molecule has 2 unspecified atom stereocenters. The molecule has 2 N–H and O–H groups in total. The number of para-hydroxylation sites is 1. The Labute approximate surface area is 145 Å². The molecule has 1 amide bonds. The molecule has 0 saturated carbocycles. The SMILES string of the molecule is CC1COc2ccccc2C1NC(=O)/C=C/c1ccc2cn[nH]c2c1. The molecule has 1 aromatic heterocycles. The highest BCUT2D eigenvalue weighted by molar-refractivity contribution is 5.92. The normalized spacial score (nSPS) is 19.6. The number of nitrogens with one attached hydrogen (secondary N) is 2. The van der Waals surface area contributed by atoms with Crippen molar-refractivity contribution in [3.63, 3.8) is 0 Å². The molecule has 0 bridgehead atoms. The monoisotopic (exact) mass is 333 g/mol. The predicted octanol–water partition coefficient (Wildman–Crippen LogP) is 3.46. The van der Waals surface area contributed by atoms with Gasteiger partial charge in [-0.25, -0.2) is 0 Å². The van der Waals surface area contributed by atoms with Crippen LogP contribution in [0.2, 0.25) is 0 Å². The average Bonchev–Trinajstić information content (AvgIpc) is 3.10. The Bertz CT molecular complexity index is 945. The molecule has 4 rings (SSSR count). The quantitative estimate of drug-likeness (QED) is 0.721. The first-order chi connectivity index (χ1) is 12.2. The van der Waals surface area contributed by atoms with Crippen LogP contribution in [0.1, 0.15) is 24.1 Å². The van der Waals surface area contributed by atoms with Crippen molar-refractivity contribution in [2.45, 2.75) is 13.0 Å². The topological polar surface area (TPSA) is 67.0 Å². The second-order valence-electron chi connectivity index (χ2n) is 6.36. The van der Waals surface area contributed by atoms with Gasteiger partial charge in [-0.15, -0.1) is 0 Å². The van der Waals surface area contributed by atoms with Crippen LogP contribution in [0.4, 0.5) is 0 Å². The van der Waals surface area contributed by atoms with Gasteiger partial charge in [-0.1, -0.05) is 37.3 Å². The minimum atomic E-state index is -0.113. The van der Waals surface area contributed by atoms with E-state index in [2.05, 4.69) is 22.4 Å². The van der Waals surface area contributed by atoms with E-state index in [0.29, 0.717) is 6.61 Å². The maximum absolute atomic E-state index is 12.4. The number of fused-ring (bicyclic) bond motifs is 2. The van der Waals surface area contributed by atoms with E-state index in [4.69, 9.17) is 4.74 Å². The first-order valence-electron chi connectivity index (χ1n) is 8.34. The molecule has 0 radical (unpaired) electrons. The number of nitrogens with zero attached hydrogens (tertiary/aromatic N) is 1. The van der Waals surface area contributed by atoms with E-state index < -0.39 is 0 Å². The van der Waals surface area contributed by atoms with Gasteiger partial charge in [0.15, 0.2) is 0 Å². The summed E-state index contributed by atoms with van der Waals surface area (Å²) < 4.78 is 5.73. The van der Waals surface area contributed by atoms with E-state index >= 15 is 0 Å². The minimum absolute atomic E-state index is 0.0443. The molecule has 25 heavy (non-hydrogen) atoms. The molecule has 1 aliphatic rings. The summed E-state index contributed by atoms with van der Waals surface area (Å²) in [6, 6.07) is 13.7. The largest absolute Gasteiger partial charge is 0.493 e. The summed E-state index contributed by atoms with van der Waals surface area (Å²) in [7, 11) is 0. The molecular weight excluding hydrogens is 314 g/mol.